The quantitative estimate of drug-likeness (QED) is 0.0480. The number of anilines is 1. The number of hydrogen-bond acceptors (Lipinski definition) is 12. The van der Waals surface area contributed by atoms with Crippen LogP contribution >= 0.6 is 8.53 Å². The summed E-state index contributed by atoms with van der Waals surface area (Å²) in [5.41, 5.74) is 0.733. The van der Waals surface area contributed by atoms with Gasteiger partial charge in [-0.25, -0.2) is 9.46 Å². The Kier molecular flexibility index (Phi) is 15.4. The van der Waals surface area contributed by atoms with Crippen LogP contribution in [0, 0.1) is 11.3 Å². The number of rotatable bonds is 19. The van der Waals surface area contributed by atoms with Gasteiger partial charge in [0.25, 0.3) is 14.4 Å². The smallest absolute Gasteiger partial charge is 0.351 e. The molecular formula is C46H52N5O9P. The van der Waals surface area contributed by atoms with Gasteiger partial charge >= 0.3 is 5.69 Å². The second-order valence-electron chi connectivity index (χ2n) is 14.8. The number of benzene rings is 4. The Labute approximate surface area is 357 Å². The van der Waals surface area contributed by atoms with Gasteiger partial charge in [0.2, 0.25) is 0 Å². The van der Waals surface area contributed by atoms with Gasteiger partial charge in [0, 0.05) is 23.8 Å². The largest absolute Gasteiger partial charge is 0.497 e. The van der Waals surface area contributed by atoms with Crippen molar-refractivity contribution in [3.8, 4) is 17.6 Å². The van der Waals surface area contributed by atoms with Crippen LogP contribution in [0.1, 0.15) is 67.4 Å². The molecule has 0 saturated carbocycles. The number of ether oxygens (including phenoxy) is 4. The topological polar surface area (TPSA) is 167 Å². The first-order valence-electron chi connectivity index (χ1n) is 20.0. The first-order chi connectivity index (χ1) is 29.5. The van der Waals surface area contributed by atoms with Gasteiger partial charge in [-0.2, -0.15) is 10.2 Å². The highest BCUT2D eigenvalue weighted by Crippen LogP contribution is 2.51. The van der Waals surface area contributed by atoms with E-state index in [4.69, 9.17) is 28.0 Å². The monoisotopic (exact) mass is 849 g/mol. The van der Waals surface area contributed by atoms with Gasteiger partial charge in [0.15, 0.2) is 6.23 Å². The summed E-state index contributed by atoms with van der Waals surface area (Å²) in [4.78, 5) is 30.7. The molecule has 1 aliphatic heterocycles. The van der Waals surface area contributed by atoms with Crippen LogP contribution < -0.4 is 20.5 Å². The standard InChI is InChI=1S/C46H52N5O9P/c1-31(2)51(32(3)4)61(58-29-13-27-47)60-42-39(59-44(41(42)52)50-28-26-40(49-45(50)54)48-43(53)33-14-9-7-10-15-33)30-57-46(34-16-11-8-12-17-34,35-18-22-37(55-5)23-19-35)36-20-24-38(56-6)25-21-36/h7-12,14-26,28,31-32,39,41-42,44,52H,13,29-30H2,1-6H3,(H,48,49,53,54)/t39-,41-,42-,44-,61?/m1/s1. The molecule has 5 aromatic rings. The molecule has 2 heterocycles. The van der Waals surface area contributed by atoms with E-state index in [2.05, 4.69) is 16.4 Å². The van der Waals surface area contributed by atoms with E-state index in [1.165, 1.54) is 12.3 Å². The molecule has 6 rings (SSSR count). The van der Waals surface area contributed by atoms with Crippen molar-refractivity contribution in [1.29, 1.82) is 5.26 Å². The molecule has 1 aliphatic rings. The molecule has 1 fully saturated rings. The van der Waals surface area contributed by atoms with Crippen molar-refractivity contribution in [3.63, 3.8) is 0 Å². The summed E-state index contributed by atoms with van der Waals surface area (Å²) in [6.45, 7) is 8.00. The maximum Gasteiger partial charge on any atom is 0.351 e. The van der Waals surface area contributed by atoms with Crippen LogP contribution in [0.2, 0.25) is 0 Å². The maximum atomic E-state index is 13.7. The number of aromatic nitrogens is 2. The van der Waals surface area contributed by atoms with Crippen LogP contribution in [0.3, 0.4) is 0 Å². The van der Waals surface area contributed by atoms with Gasteiger partial charge in [-0.1, -0.05) is 72.8 Å². The Morgan fingerprint density at radius 2 is 1.44 bits per heavy atom. The van der Waals surface area contributed by atoms with Crippen molar-refractivity contribution in [3.05, 3.63) is 154 Å². The van der Waals surface area contributed by atoms with Gasteiger partial charge in [0.1, 0.15) is 41.2 Å². The highest BCUT2D eigenvalue weighted by Gasteiger charge is 2.50. The zero-order valence-corrected chi connectivity index (χ0v) is 36.0. The molecule has 1 saturated heterocycles. The highest BCUT2D eigenvalue weighted by molar-refractivity contribution is 7.44. The van der Waals surface area contributed by atoms with Gasteiger partial charge in [-0.15, -0.1) is 0 Å². The van der Waals surface area contributed by atoms with Crippen molar-refractivity contribution in [2.24, 2.45) is 0 Å². The first-order valence-corrected chi connectivity index (χ1v) is 21.2. The number of nitrogens with zero attached hydrogens (tertiary/aromatic N) is 4. The third-order valence-electron chi connectivity index (χ3n) is 10.2. The fraction of sp³-hybridized carbons (Fsp3) is 0.348. The molecule has 320 valence electrons. The molecular weight excluding hydrogens is 798 g/mol. The number of aliphatic hydroxyl groups excluding tert-OH is 1. The van der Waals surface area contributed by atoms with Crippen LogP contribution in [0.5, 0.6) is 11.5 Å². The van der Waals surface area contributed by atoms with Crippen molar-refractivity contribution < 1.29 is 37.9 Å². The van der Waals surface area contributed by atoms with Gasteiger partial charge < -0.3 is 38.4 Å². The zero-order valence-electron chi connectivity index (χ0n) is 35.1. The van der Waals surface area contributed by atoms with Crippen LogP contribution in [0.15, 0.2) is 126 Å². The van der Waals surface area contributed by atoms with E-state index in [9.17, 15) is 20.0 Å². The number of aliphatic hydroxyl groups is 1. The third kappa shape index (κ3) is 10.3. The average molecular weight is 850 g/mol. The third-order valence-corrected chi connectivity index (χ3v) is 12.3. The summed E-state index contributed by atoms with van der Waals surface area (Å²) in [7, 11) is 1.32. The summed E-state index contributed by atoms with van der Waals surface area (Å²) in [5, 5.41) is 24.3. The van der Waals surface area contributed by atoms with E-state index >= 15 is 0 Å². The summed E-state index contributed by atoms with van der Waals surface area (Å²) >= 11 is 0. The molecule has 5 atom stereocenters. The number of carbonyl (C=O) groups excluding carboxylic acids is 1. The number of nitriles is 1. The van der Waals surface area contributed by atoms with Crippen molar-refractivity contribution in [2.75, 3.05) is 32.8 Å². The van der Waals surface area contributed by atoms with Crippen LogP contribution in [-0.4, -0.2) is 83.1 Å². The lowest BCUT2D eigenvalue weighted by molar-refractivity contribution is -0.0946. The van der Waals surface area contributed by atoms with Crippen molar-refractivity contribution in [1.82, 2.24) is 14.2 Å². The van der Waals surface area contributed by atoms with Crippen molar-refractivity contribution >= 4 is 20.3 Å². The molecule has 15 heteroatoms. The van der Waals surface area contributed by atoms with Crippen LogP contribution in [0.25, 0.3) is 0 Å². The molecule has 1 amide bonds. The van der Waals surface area contributed by atoms with Gasteiger partial charge in [0.05, 0.1) is 39.9 Å². The molecule has 1 aromatic heterocycles. The summed E-state index contributed by atoms with van der Waals surface area (Å²) in [6, 6.07) is 37.0. The molecule has 0 aliphatic carbocycles. The normalized spacial score (nSPS) is 18.2. The Morgan fingerprint density at radius 3 is 1.97 bits per heavy atom. The fourth-order valence-electron chi connectivity index (χ4n) is 7.35. The lowest BCUT2D eigenvalue weighted by Gasteiger charge is -2.39. The second-order valence-corrected chi connectivity index (χ2v) is 16.2. The average Bonchev–Trinajstić information content (AvgIpc) is 3.58. The molecule has 0 spiro atoms. The van der Waals surface area contributed by atoms with E-state index in [0.29, 0.717) is 17.1 Å². The first kappa shape index (κ1) is 45.0. The predicted molar refractivity (Wildman–Crippen MR) is 231 cm³/mol. The van der Waals surface area contributed by atoms with E-state index in [0.717, 1.165) is 21.3 Å². The van der Waals surface area contributed by atoms with Crippen LogP contribution in [-0.2, 0) is 24.1 Å². The van der Waals surface area contributed by atoms with Gasteiger partial charge in [-0.05, 0) is 86.8 Å². The van der Waals surface area contributed by atoms with Crippen LogP contribution in [0.4, 0.5) is 5.82 Å². The fourth-order valence-corrected chi connectivity index (χ4v) is 9.12. The van der Waals surface area contributed by atoms with E-state index in [1.807, 2.05) is 111 Å². The Bertz CT molecular complexity index is 2220. The highest BCUT2D eigenvalue weighted by atomic mass is 31.2. The Morgan fingerprint density at radius 1 is 0.885 bits per heavy atom. The SMILES string of the molecule is COc1ccc(C(OC[C@H]2O[C@@H](n3ccc(NC(=O)c4ccccc4)nc3=O)[C@H](O)[C@@H]2OP(OCCC#N)N(C(C)C)C(C)C)(c2ccccc2)c2ccc(OC)cc2)cc1. The summed E-state index contributed by atoms with van der Waals surface area (Å²) < 4.78 is 41.2. The number of nitrogens with one attached hydrogen (secondary N) is 1. The van der Waals surface area contributed by atoms with E-state index in [1.54, 1.807) is 44.6 Å². The summed E-state index contributed by atoms with van der Waals surface area (Å²) in [6.07, 6.45) is -3.28. The maximum absolute atomic E-state index is 13.7. The molecule has 0 radical (unpaired) electrons. The molecule has 4 aromatic carbocycles. The lowest BCUT2D eigenvalue weighted by atomic mass is 9.80. The minimum Gasteiger partial charge on any atom is -0.497 e. The van der Waals surface area contributed by atoms with Gasteiger partial charge in [-0.3, -0.25) is 9.36 Å². The van der Waals surface area contributed by atoms with E-state index < -0.39 is 50.3 Å². The Balaban J connectivity index is 1.42. The molecule has 61 heavy (non-hydrogen) atoms. The van der Waals surface area contributed by atoms with Crippen molar-refractivity contribution in [2.45, 2.75) is 76.3 Å². The summed E-state index contributed by atoms with van der Waals surface area (Å²) in [5.74, 6) is 0.913. The lowest BCUT2D eigenvalue weighted by Crippen LogP contribution is -2.42. The minimum absolute atomic E-state index is 0.0285. The Hall–Kier alpha value is -5.49. The number of amides is 1. The molecule has 2 N–H and O–H groups in total. The second kappa shape index (κ2) is 20.9. The van der Waals surface area contributed by atoms with E-state index in [-0.39, 0.29) is 37.5 Å². The predicted octanol–water partition coefficient (Wildman–Crippen LogP) is 7.44. The number of hydrogen-bond donors (Lipinski definition) is 2. The molecule has 1 unspecified atom stereocenters. The molecule has 14 nitrogen and oxygen atoms in total. The number of carbonyl (C=O) groups is 1. The zero-order chi connectivity index (χ0) is 43.5. The molecule has 0 bridgehead atoms. The number of methoxy groups -OCH3 is 2. The minimum atomic E-state index is -1.89.